The first-order valence-corrected chi connectivity index (χ1v) is 7.74. The van der Waals surface area contributed by atoms with Gasteiger partial charge < -0.3 is 10.7 Å². The number of nitrogen functional groups attached to an aromatic ring is 1. The van der Waals surface area contributed by atoms with Gasteiger partial charge in [0.1, 0.15) is 11.1 Å². The molecule has 0 spiro atoms. The molecule has 2 aromatic rings. The van der Waals surface area contributed by atoms with Crippen LogP contribution in [0.3, 0.4) is 0 Å². The highest BCUT2D eigenvalue weighted by Gasteiger charge is 2.32. The van der Waals surface area contributed by atoms with Gasteiger partial charge in [0.25, 0.3) is 0 Å². The van der Waals surface area contributed by atoms with Crippen molar-refractivity contribution in [3.05, 3.63) is 24.0 Å². The smallest absolute Gasteiger partial charge is 0.160 e. The van der Waals surface area contributed by atoms with Gasteiger partial charge in [0.15, 0.2) is 9.84 Å². The first-order valence-electron chi connectivity index (χ1n) is 6.03. The molecule has 1 aliphatic heterocycles. The van der Waals surface area contributed by atoms with Crippen molar-refractivity contribution in [1.82, 2.24) is 9.97 Å². The number of benzene rings is 1. The molecule has 1 aliphatic rings. The SMILES string of the molecule is Nc1ccc2nc(C3CCCCS3(=O)=O)[nH]c2c1. The second kappa shape index (κ2) is 3.98. The zero-order chi connectivity index (χ0) is 12.8. The van der Waals surface area contributed by atoms with E-state index in [9.17, 15) is 8.42 Å². The number of nitrogens with one attached hydrogen (secondary N) is 1. The van der Waals surface area contributed by atoms with E-state index in [1.165, 1.54) is 0 Å². The number of imidazole rings is 1. The minimum atomic E-state index is -3.06. The second-order valence-corrected chi connectivity index (χ2v) is 7.05. The largest absolute Gasteiger partial charge is 0.399 e. The third-order valence-electron chi connectivity index (χ3n) is 3.41. The molecule has 96 valence electrons. The number of H-pyrrole nitrogens is 1. The fourth-order valence-corrected chi connectivity index (χ4v) is 4.33. The van der Waals surface area contributed by atoms with Crippen molar-refractivity contribution in [1.29, 1.82) is 0 Å². The van der Waals surface area contributed by atoms with Crippen LogP contribution in [0.2, 0.25) is 0 Å². The average molecular weight is 265 g/mol. The molecule has 0 aliphatic carbocycles. The van der Waals surface area contributed by atoms with E-state index >= 15 is 0 Å². The van der Waals surface area contributed by atoms with E-state index in [4.69, 9.17) is 5.73 Å². The second-order valence-electron chi connectivity index (χ2n) is 4.75. The highest BCUT2D eigenvalue weighted by atomic mass is 32.2. The summed E-state index contributed by atoms with van der Waals surface area (Å²) in [5, 5.41) is -0.486. The molecule has 0 amide bonds. The van der Waals surface area contributed by atoms with Crippen LogP contribution in [-0.2, 0) is 9.84 Å². The van der Waals surface area contributed by atoms with Gasteiger partial charge in [-0.3, -0.25) is 0 Å². The molecule has 2 heterocycles. The molecule has 0 radical (unpaired) electrons. The molecule has 18 heavy (non-hydrogen) atoms. The Bertz CT molecular complexity index is 690. The van der Waals surface area contributed by atoms with Crippen LogP contribution in [-0.4, -0.2) is 24.1 Å². The van der Waals surface area contributed by atoms with E-state index in [2.05, 4.69) is 9.97 Å². The lowest BCUT2D eigenvalue weighted by Crippen LogP contribution is -2.22. The van der Waals surface area contributed by atoms with E-state index in [-0.39, 0.29) is 5.75 Å². The Morgan fingerprint density at radius 1 is 1.33 bits per heavy atom. The third kappa shape index (κ3) is 1.86. The summed E-state index contributed by atoms with van der Waals surface area (Å²) in [5.41, 5.74) is 7.90. The molecule has 1 aromatic heterocycles. The molecule has 0 bridgehead atoms. The van der Waals surface area contributed by atoms with Gasteiger partial charge in [0.2, 0.25) is 0 Å². The summed E-state index contributed by atoms with van der Waals surface area (Å²) in [5.74, 6) is 0.812. The van der Waals surface area contributed by atoms with Crippen LogP contribution in [0, 0.1) is 0 Å². The van der Waals surface area contributed by atoms with Gasteiger partial charge in [0, 0.05) is 5.69 Å². The summed E-state index contributed by atoms with van der Waals surface area (Å²) in [6.07, 6.45) is 2.34. The molecular formula is C12H15N3O2S. The Balaban J connectivity index is 2.08. The van der Waals surface area contributed by atoms with Gasteiger partial charge in [-0.2, -0.15) is 0 Å². The lowest BCUT2D eigenvalue weighted by Gasteiger charge is -2.20. The Hall–Kier alpha value is -1.56. The zero-order valence-electron chi connectivity index (χ0n) is 9.89. The van der Waals surface area contributed by atoms with Crippen molar-refractivity contribution in [2.45, 2.75) is 24.5 Å². The summed E-state index contributed by atoms with van der Waals surface area (Å²) in [6.45, 7) is 0. The number of rotatable bonds is 1. The van der Waals surface area contributed by atoms with Crippen molar-refractivity contribution in [3.63, 3.8) is 0 Å². The van der Waals surface area contributed by atoms with E-state index < -0.39 is 15.1 Å². The van der Waals surface area contributed by atoms with E-state index in [0.717, 1.165) is 23.9 Å². The van der Waals surface area contributed by atoms with Gasteiger partial charge in [-0.15, -0.1) is 0 Å². The number of aromatic nitrogens is 2. The third-order valence-corrected chi connectivity index (χ3v) is 5.59. The maximum Gasteiger partial charge on any atom is 0.160 e. The molecule has 0 saturated carbocycles. The Kier molecular flexibility index (Phi) is 2.55. The van der Waals surface area contributed by atoms with E-state index in [1.54, 1.807) is 18.2 Å². The normalized spacial score (nSPS) is 23.2. The number of anilines is 1. The van der Waals surface area contributed by atoms with Crippen LogP contribution in [0.1, 0.15) is 30.3 Å². The van der Waals surface area contributed by atoms with Gasteiger partial charge in [-0.1, -0.05) is 6.42 Å². The molecule has 3 rings (SSSR count). The number of aromatic amines is 1. The minimum Gasteiger partial charge on any atom is -0.399 e. The number of nitrogens with zero attached hydrogens (tertiary/aromatic N) is 1. The van der Waals surface area contributed by atoms with Crippen molar-refractivity contribution in [2.24, 2.45) is 0 Å². The number of sulfone groups is 1. The van der Waals surface area contributed by atoms with Crippen molar-refractivity contribution >= 4 is 26.6 Å². The Labute approximate surface area is 105 Å². The van der Waals surface area contributed by atoms with Gasteiger partial charge in [-0.05, 0) is 31.0 Å². The standard InChI is InChI=1S/C12H15N3O2S/c13-8-4-5-9-10(7-8)15-12(14-9)11-3-1-2-6-18(11,16)17/h4-5,7,11H,1-3,6,13H2,(H,14,15). The molecule has 6 heteroatoms. The number of hydrogen-bond acceptors (Lipinski definition) is 4. The average Bonchev–Trinajstić information content (AvgIpc) is 2.70. The Morgan fingerprint density at radius 3 is 2.94 bits per heavy atom. The van der Waals surface area contributed by atoms with Crippen LogP contribution in [0.5, 0.6) is 0 Å². The maximum absolute atomic E-state index is 12.0. The predicted octanol–water partition coefficient (Wildman–Crippen LogP) is 1.78. The first kappa shape index (κ1) is 11.5. The summed E-state index contributed by atoms with van der Waals surface area (Å²) >= 11 is 0. The van der Waals surface area contributed by atoms with Gasteiger partial charge >= 0.3 is 0 Å². The number of fused-ring (bicyclic) bond motifs is 1. The molecule has 5 nitrogen and oxygen atoms in total. The highest BCUT2D eigenvalue weighted by Crippen LogP contribution is 2.32. The van der Waals surface area contributed by atoms with E-state index in [1.807, 2.05) is 0 Å². The monoisotopic (exact) mass is 265 g/mol. The number of nitrogens with two attached hydrogens (primary N) is 1. The van der Waals surface area contributed by atoms with Crippen LogP contribution >= 0.6 is 0 Å². The molecule has 1 unspecified atom stereocenters. The summed E-state index contributed by atoms with van der Waals surface area (Å²) in [7, 11) is -3.06. The fourth-order valence-electron chi connectivity index (χ4n) is 2.46. The van der Waals surface area contributed by atoms with E-state index in [0.29, 0.717) is 17.9 Å². The van der Waals surface area contributed by atoms with Crippen molar-refractivity contribution < 1.29 is 8.42 Å². The molecule has 1 fully saturated rings. The molecule has 1 aromatic carbocycles. The van der Waals surface area contributed by atoms with Crippen LogP contribution < -0.4 is 5.73 Å². The summed E-state index contributed by atoms with van der Waals surface area (Å²) in [6, 6.07) is 5.35. The van der Waals surface area contributed by atoms with Gasteiger partial charge in [0.05, 0.1) is 16.8 Å². The molecular weight excluding hydrogens is 250 g/mol. The lowest BCUT2D eigenvalue weighted by atomic mass is 10.2. The fraction of sp³-hybridized carbons (Fsp3) is 0.417. The molecule has 1 saturated heterocycles. The number of hydrogen-bond donors (Lipinski definition) is 2. The molecule has 3 N–H and O–H groups in total. The van der Waals surface area contributed by atoms with Crippen molar-refractivity contribution in [2.75, 3.05) is 11.5 Å². The summed E-state index contributed by atoms with van der Waals surface area (Å²) in [4.78, 5) is 7.47. The topological polar surface area (TPSA) is 88.8 Å². The quantitative estimate of drug-likeness (QED) is 0.769. The zero-order valence-corrected chi connectivity index (χ0v) is 10.7. The minimum absolute atomic E-state index is 0.261. The summed E-state index contributed by atoms with van der Waals surface area (Å²) < 4.78 is 24.1. The maximum atomic E-state index is 12.0. The van der Waals surface area contributed by atoms with Gasteiger partial charge in [-0.25, -0.2) is 13.4 Å². The Morgan fingerprint density at radius 2 is 2.17 bits per heavy atom. The highest BCUT2D eigenvalue weighted by molar-refractivity contribution is 7.91. The lowest BCUT2D eigenvalue weighted by molar-refractivity contribution is 0.540. The van der Waals surface area contributed by atoms with Crippen LogP contribution in [0.25, 0.3) is 11.0 Å². The molecule has 1 atom stereocenters. The predicted molar refractivity (Wildman–Crippen MR) is 70.9 cm³/mol. The van der Waals surface area contributed by atoms with Crippen LogP contribution in [0.4, 0.5) is 5.69 Å². The van der Waals surface area contributed by atoms with Crippen molar-refractivity contribution in [3.8, 4) is 0 Å². The first-order chi connectivity index (χ1) is 8.56. The van der Waals surface area contributed by atoms with Crippen LogP contribution in [0.15, 0.2) is 18.2 Å².